The van der Waals surface area contributed by atoms with Crippen molar-refractivity contribution in [2.75, 3.05) is 5.73 Å². The quantitative estimate of drug-likeness (QED) is 0.804. The second-order valence-corrected chi connectivity index (χ2v) is 3.60. The van der Waals surface area contributed by atoms with Crippen LogP contribution in [0, 0.1) is 6.92 Å². The third kappa shape index (κ3) is 2.31. The molecule has 3 nitrogen and oxygen atoms in total. The molecule has 76 valence electrons. The van der Waals surface area contributed by atoms with Crippen LogP contribution >= 0.6 is 0 Å². The number of rotatable bonds is 2. The first-order valence-corrected chi connectivity index (χ1v) is 4.85. The van der Waals surface area contributed by atoms with Gasteiger partial charge in [-0.25, -0.2) is 4.98 Å². The van der Waals surface area contributed by atoms with Gasteiger partial charge in [0.2, 0.25) is 0 Å². The lowest BCUT2D eigenvalue weighted by atomic mass is 10.1. The van der Waals surface area contributed by atoms with Crippen molar-refractivity contribution in [3.8, 4) is 0 Å². The molecule has 2 heterocycles. The van der Waals surface area contributed by atoms with Gasteiger partial charge in [0.1, 0.15) is 5.82 Å². The number of nitrogens with zero attached hydrogens (tertiary/aromatic N) is 2. The largest absolute Gasteiger partial charge is 0.383 e. The van der Waals surface area contributed by atoms with Crippen LogP contribution in [0.5, 0.6) is 0 Å². The van der Waals surface area contributed by atoms with Crippen molar-refractivity contribution in [3.63, 3.8) is 0 Å². The Morgan fingerprint density at radius 3 is 2.93 bits per heavy atom. The van der Waals surface area contributed by atoms with Gasteiger partial charge in [-0.3, -0.25) is 4.98 Å². The summed E-state index contributed by atoms with van der Waals surface area (Å²) in [6.45, 7) is 2.03. The van der Waals surface area contributed by atoms with E-state index in [1.807, 2.05) is 31.5 Å². The van der Waals surface area contributed by atoms with Gasteiger partial charge in [0.05, 0.1) is 0 Å². The standard InChI is InChI=1S/C12H13N3/c1-9-5-10(8-14-7-9)6-11-3-2-4-15-12(11)13/h2-5,7-8H,6H2,1H3,(H2,13,15). The third-order valence-electron chi connectivity index (χ3n) is 2.25. The molecule has 0 unspecified atom stereocenters. The molecule has 0 atom stereocenters. The van der Waals surface area contributed by atoms with Crippen LogP contribution in [0.1, 0.15) is 16.7 Å². The number of nitrogen functional groups attached to an aromatic ring is 1. The maximum Gasteiger partial charge on any atom is 0.126 e. The molecule has 0 aliphatic carbocycles. The topological polar surface area (TPSA) is 51.8 Å². The summed E-state index contributed by atoms with van der Waals surface area (Å²) in [4.78, 5) is 8.20. The number of aryl methyl sites for hydroxylation is 1. The number of hydrogen-bond acceptors (Lipinski definition) is 3. The zero-order valence-electron chi connectivity index (χ0n) is 8.64. The van der Waals surface area contributed by atoms with Gasteiger partial charge in [0, 0.05) is 25.0 Å². The minimum Gasteiger partial charge on any atom is -0.383 e. The molecule has 2 rings (SSSR count). The average Bonchev–Trinajstić information content (AvgIpc) is 2.22. The van der Waals surface area contributed by atoms with E-state index in [4.69, 9.17) is 5.73 Å². The summed E-state index contributed by atoms with van der Waals surface area (Å²) in [6, 6.07) is 6.00. The molecule has 0 bridgehead atoms. The fraction of sp³-hybridized carbons (Fsp3) is 0.167. The fourth-order valence-electron chi connectivity index (χ4n) is 1.53. The summed E-state index contributed by atoms with van der Waals surface area (Å²) in [6.07, 6.45) is 6.19. The van der Waals surface area contributed by atoms with Crippen LogP contribution in [0.25, 0.3) is 0 Å². The number of aromatic nitrogens is 2. The van der Waals surface area contributed by atoms with Crippen LogP contribution < -0.4 is 5.73 Å². The molecule has 0 saturated heterocycles. The van der Waals surface area contributed by atoms with Gasteiger partial charge in [-0.1, -0.05) is 12.1 Å². The van der Waals surface area contributed by atoms with Crippen molar-refractivity contribution < 1.29 is 0 Å². The molecular formula is C12H13N3. The van der Waals surface area contributed by atoms with E-state index >= 15 is 0 Å². The molecule has 2 aromatic heterocycles. The van der Waals surface area contributed by atoms with Crippen molar-refractivity contribution in [1.29, 1.82) is 0 Å². The van der Waals surface area contributed by atoms with E-state index in [1.165, 1.54) is 0 Å². The summed E-state index contributed by atoms with van der Waals surface area (Å²) in [5.74, 6) is 0.596. The van der Waals surface area contributed by atoms with Gasteiger partial charge in [0.15, 0.2) is 0 Å². The molecule has 0 saturated carbocycles. The van der Waals surface area contributed by atoms with E-state index in [0.717, 1.165) is 23.1 Å². The second kappa shape index (κ2) is 4.09. The molecule has 3 heteroatoms. The average molecular weight is 199 g/mol. The number of nitrogens with two attached hydrogens (primary N) is 1. The highest BCUT2D eigenvalue weighted by molar-refractivity contribution is 5.41. The molecule has 2 aromatic rings. The van der Waals surface area contributed by atoms with Gasteiger partial charge in [-0.15, -0.1) is 0 Å². The Labute approximate surface area is 89.0 Å². The summed E-state index contributed by atoms with van der Waals surface area (Å²) in [7, 11) is 0. The number of pyridine rings is 2. The molecule has 0 aliphatic heterocycles. The summed E-state index contributed by atoms with van der Waals surface area (Å²) < 4.78 is 0. The molecule has 0 amide bonds. The van der Waals surface area contributed by atoms with E-state index in [-0.39, 0.29) is 0 Å². The Hall–Kier alpha value is -1.90. The maximum atomic E-state index is 5.77. The Morgan fingerprint density at radius 2 is 2.20 bits per heavy atom. The van der Waals surface area contributed by atoms with Crippen molar-refractivity contribution in [3.05, 3.63) is 53.5 Å². The lowest BCUT2D eigenvalue weighted by molar-refractivity contribution is 1.11. The summed E-state index contributed by atoms with van der Waals surface area (Å²) in [5.41, 5.74) is 9.14. The third-order valence-corrected chi connectivity index (χ3v) is 2.25. The van der Waals surface area contributed by atoms with Crippen molar-refractivity contribution in [2.24, 2.45) is 0 Å². The smallest absolute Gasteiger partial charge is 0.126 e. The van der Waals surface area contributed by atoms with Crippen LogP contribution in [0.4, 0.5) is 5.82 Å². The number of hydrogen-bond donors (Lipinski definition) is 1. The molecular weight excluding hydrogens is 186 g/mol. The van der Waals surface area contributed by atoms with Gasteiger partial charge in [-0.2, -0.15) is 0 Å². The lowest BCUT2D eigenvalue weighted by Crippen LogP contribution is -1.98. The second-order valence-electron chi connectivity index (χ2n) is 3.60. The Kier molecular flexibility index (Phi) is 2.63. The normalized spacial score (nSPS) is 10.2. The van der Waals surface area contributed by atoms with Gasteiger partial charge >= 0.3 is 0 Å². The Bertz CT molecular complexity index is 466. The molecule has 0 radical (unpaired) electrons. The van der Waals surface area contributed by atoms with Crippen molar-refractivity contribution in [1.82, 2.24) is 9.97 Å². The van der Waals surface area contributed by atoms with Crippen molar-refractivity contribution >= 4 is 5.82 Å². The maximum absolute atomic E-state index is 5.77. The molecule has 0 fully saturated rings. The Balaban J connectivity index is 2.26. The van der Waals surface area contributed by atoms with E-state index in [1.54, 1.807) is 6.20 Å². The molecule has 0 aliphatic rings. The zero-order valence-corrected chi connectivity index (χ0v) is 8.64. The number of anilines is 1. The minimum atomic E-state index is 0.596. The van der Waals surface area contributed by atoms with E-state index < -0.39 is 0 Å². The van der Waals surface area contributed by atoms with Crippen LogP contribution in [0.15, 0.2) is 36.8 Å². The summed E-state index contributed by atoms with van der Waals surface area (Å²) >= 11 is 0. The predicted octanol–water partition coefficient (Wildman–Crippen LogP) is 1.96. The van der Waals surface area contributed by atoms with Crippen LogP contribution in [0.3, 0.4) is 0 Å². The first-order valence-electron chi connectivity index (χ1n) is 4.85. The first-order chi connectivity index (χ1) is 7.25. The summed E-state index contributed by atoms with van der Waals surface area (Å²) in [5, 5.41) is 0. The monoisotopic (exact) mass is 199 g/mol. The van der Waals surface area contributed by atoms with Crippen LogP contribution in [-0.2, 0) is 6.42 Å². The lowest BCUT2D eigenvalue weighted by Gasteiger charge is -2.04. The van der Waals surface area contributed by atoms with E-state index in [9.17, 15) is 0 Å². The van der Waals surface area contributed by atoms with Crippen molar-refractivity contribution in [2.45, 2.75) is 13.3 Å². The van der Waals surface area contributed by atoms with Gasteiger partial charge in [0.25, 0.3) is 0 Å². The van der Waals surface area contributed by atoms with Crippen LogP contribution in [-0.4, -0.2) is 9.97 Å². The molecule has 0 spiro atoms. The predicted molar refractivity (Wildman–Crippen MR) is 60.4 cm³/mol. The van der Waals surface area contributed by atoms with Gasteiger partial charge < -0.3 is 5.73 Å². The SMILES string of the molecule is Cc1cncc(Cc2cccnc2N)c1. The highest BCUT2D eigenvalue weighted by Gasteiger charge is 2.01. The van der Waals surface area contributed by atoms with Crippen LogP contribution in [0.2, 0.25) is 0 Å². The van der Waals surface area contributed by atoms with E-state index in [0.29, 0.717) is 5.82 Å². The zero-order chi connectivity index (χ0) is 10.7. The highest BCUT2D eigenvalue weighted by Crippen LogP contribution is 2.13. The Morgan fingerprint density at radius 1 is 1.33 bits per heavy atom. The molecule has 15 heavy (non-hydrogen) atoms. The molecule has 0 aromatic carbocycles. The molecule has 2 N–H and O–H groups in total. The minimum absolute atomic E-state index is 0.596. The van der Waals surface area contributed by atoms with Gasteiger partial charge in [-0.05, 0) is 29.7 Å². The first kappa shape index (κ1) is 9.65. The fourth-order valence-corrected chi connectivity index (χ4v) is 1.53. The van der Waals surface area contributed by atoms with E-state index in [2.05, 4.69) is 16.0 Å². The highest BCUT2D eigenvalue weighted by atomic mass is 14.8.